The minimum Gasteiger partial charge on any atom is -0.395 e. The van der Waals surface area contributed by atoms with Crippen LogP contribution in [-0.2, 0) is 5.41 Å². The van der Waals surface area contributed by atoms with Crippen LogP contribution in [-0.4, -0.2) is 30.8 Å². The molecule has 1 saturated carbocycles. The van der Waals surface area contributed by atoms with Crippen molar-refractivity contribution < 1.29 is 5.11 Å². The molecule has 1 N–H and O–H groups in total. The van der Waals surface area contributed by atoms with Gasteiger partial charge in [-0.05, 0) is 11.8 Å². The van der Waals surface area contributed by atoms with Crippen molar-refractivity contribution in [1.82, 2.24) is 4.98 Å². The number of aliphatic hydroxyl groups is 1. The van der Waals surface area contributed by atoms with Gasteiger partial charge in [0.1, 0.15) is 0 Å². The van der Waals surface area contributed by atoms with E-state index >= 15 is 0 Å². The minimum atomic E-state index is -0.0288. The Labute approximate surface area is 94.8 Å². The number of rotatable bonds is 3. The molecule has 3 nitrogen and oxygen atoms in total. The van der Waals surface area contributed by atoms with Crippen molar-refractivity contribution in [3.8, 4) is 0 Å². The SMILES string of the molecule is CN(C)c1ncc(C2(CO)CC2(C)C)s1. The van der Waals surface area contributed by atoms with E-state index in [9.17, 15) is 5.11 Å². The fraction of sp³-hybridized carbons (Fsp3) is 0.727. The molecule has 15 heavy (non-hydrogen) atoms. The summed E-state index contributed by atoms with van der Waals surface area (Å²) in [5, 5.41) is 10.6. The zero-order valence-corrected chi connectivity index (χ0v) is 10.6. The third-order valence-electron chi connectivity index (χ3n) is 3.53. The highest BCUT2D eigenvalue weighted by Gasteiger charge is 2.62. The molecule has 0 aliphatic heterocycles. The van der Waals surface area contributed by atoms with Crippen molar-refractivity contribution >= 4 is 16.5 Å². The second kappa shape index (κ2) is 3.19. The van der Waals surface area contributed by atoms with Crippen LogP contribution in [0.2, 0.25) is 0 Å². The molecule has 0 saturated heterocycles. The summed E-state index contributed by atoms with van der Waals surface area (Å²) in [6, 6.07) is 0. The Morgan fingerprint density at radius 2 is 2.13 bits per heavy atom. The van der Waals surface area contributed by atoms with Gasteiger partial charge in [-0.15, -0.1) is 11.3 Å². The number of hydrogen-bond donors (Lipinski definition) is 1. The van der Waals surface area contributed by atoms with Crippen molar-refractivity contribution in [2.45, 2.75) is 25.7 Å². The molecular weight excluding hydrogens is 208 g/mol. The fourth-order valence-corrected chi connectivity index (χ4v) is 3.37. The first-order chi connectivity index (χ1) is 6.93. The van der Waals surface area contributed by atoms with Gasteiger partial charge in [0.2, 0.25) is 0 Å². The van der Waals surface area contributed by atoms with Crippen molar-refractivity contribution in [3.63, 3.8) is 0 Å². The summed E-state index contributed by atoms with van der Waals surface area (Å²) in [5.41, 5.74) is 0.191. The van der Waals surface area contributed by atoms with Gasteiger partial charge in [-0.25, -0.2) is 4.98 Å². The van der Waals surface area contributed by atoms with Crippen LogP contribution in [0.4, 0.5) is 5.13 Å². The summed E-state index contributed by atoms with van der Waals surface area (Å²) < 4.78 is 0. The first-order valence-electron chi connectivity index (χ1n) is 5.17. The molecule has 2 rings (SSSR count). The lowest BCUT2D eigenvalue weighted by atomic mass is 9.96. The van der Waals surface area contributed by atoms with E-state index in [1.165, 1.54) is 4.88 Å². The van der Waals surface area contributed by atoms with Gasteiger partial charge in [0.05, 0.1) is 6.61 Å². The minimum absolute atomic E-state index is 0.0288. The average molecular weight is 226 g/mol. The van der Waals surface area contributed by atoms with Crippen LogP contribution in [0.3, 0.4) is 0 Å². The van der Waals surface area contributed by atoms with Gasteiger partial charge in [-0.2, -0.15) is 0 Å². The smallest absolute Gasteiger partial charge is 0.184 e. The Morgan fingerprint density at radius 3 is 2.47 bits per heavy atom. The van der Waals surface area contributed by atoms with Crippen LogP contribution in [0.1, 0.15) is 25.1 Å². The molecule has 1 aromatic heterocycles. The standard InChI is InChI=1S/C11H18N2OS/c1-10(2)6-11(10,7-14)8-5-12-9(15-8)13(3)4/h5,14H,6-7H2,1-4H3. The first kappa shape index (κ1) is 10.9. The number of anilines is 1. The van der Waals surface area contributed by atoms with E-state index in [0.29, 0.717) is 0 Å². The summed E-state index contributed by atoms with van der Waals surface area (Å²) in [6.45, 7) is 4.64. The first-order valence-corrected chi connectivity index (χ1v) is 5.99. The van der Waals surface area contributed by atoms with Crippen LogP contribution in [0.15, 0.2) is 6.20 Å². The Morgan fingerprint density at radius 1 is 1.53 bits per heavy atom. The molecular formula is C11H18N2OS. The number of aromatic nitrogens is 1. The maximum Gasteiger partial charge on any atom is 0.184 e. The van der Waals surface area contributed by atoms with Crippen LogP contribution in [0.5, 0.6) is 0 Å². The monoisotopic (exact) mass is 226 g/mol. The molecule has 1 aliphatic rings. The summed E-state index contributed by atoms with van der Waals surface area (Å²) in [6.07, 6.45) is 2.98. The van der Waals surface area contributed by atoms with Crippen LogP contribution in [0, 0.1) is 5.41 Å². The highest BCUT2D eigenvalue weighted by atomic mass is 32.1. The van der Waals surface area contributed by atoms with Gasteiger partial charge >= 0.3 is 0 Å². The summed E-state index contributed by atoms with van der Waals surface area (Å²) in [4.78, 5) is 7.60. The zero-order valence-electron chi connectivity index (χ0n) is 9.74. The maximum atomic E-state index is 9.56. The molecule has 1 atom stereocenters. The van der Waals surface area contributed by atoms with Crippen LogP contribution in [0.25, 0.3) is 0 Å². The lowest BCUT2D eigenvalue weighted by Gasteiger charge is -2.15. The predicted molar refractivity (Wildman–Crippen MR) is 63.6 cm³/mol. The molecule has 4 heteroatoms. The molecule has 0 aromatic carbocycles. The Kier molecular flexibility index (Phi) is 2.32. The highest BCUT2D eigenvalue weighted by Crippen LogP contribution is 2.65. The molecule has 0 amide bonds. The van der Waals surface area contributed by atoms with E-state index in [1.807, 2.05) is 25.2 Å². The van der Waals surface area contributed by atoms with Gasteiger partial charge in [0.15, 0.2) is 5.13 Å². The van der Waals surface area contributed by atoms with Crippen molar-refractivity contribution in [1.29, 1.82) is 0 Å². The molecule has 1 aliphatic carbocycles. The number of thiazole rings is 1. The van der Waals surface area contributed by atoms with Crippen LogP contribution < -0.4 is 4.90 Å². The van der Waals surface area contributed by atoms with Crippen LogP contribution >= 0.6 is 11.3 Å². The Bertz CT molecular complexity index is 372. The zero-order chi connectivity index (χ0) is 11.3. The lowest BCUT2D eigenvalue weighted by Crippen LogP contribution is -2.17. The van der Waals surface area contributed by atoms with E-state index in [-0.39, 0.29) is 17.4 Å². The normalized spacial score (nSPS) is 27.8. The topological polar surface area (TPSA) is 36.4 Å². The van der Waals surface area contributed by atoms with E-state index in [0.717, 1.165) is 11.6 Å². The number of hydrogen-bond acceptors (Lipinski definition) is 4. The Hall–Kier alpha value is -0.610. The van der Waals surface area contributed by atoms with Crippen molar-refractivity contribution in [3.05, 3.63) is 11.1 Å². The summed E-state index contributed by atoms with van der Waals surface area (Å²) >= 11 is 1.69. The third kappa shape index (κ3) is 1.47. The van der Waals surface area contributed by atoms with Gasteiger partial charge < -0.3 is 10.0 Å². The molecule has 0 bridgehead atoms. The predicted octanol–water partition coefficient (Wildman–Crippen LogP) is 1.87. The largest absolute Gasteiger partial charge is 0.395 e. The third-order valence-corrected chi connectivity index (χ3v) is 4.90. The van der Waals surface area contributed by atoms with Gasteiger partial charge in [0, 0.05) is 30.6 Å². The average Bonchev–Trinajstić information content (AvgIpc) is 2.59. The van der Waals surface area contributed by atoms with Gasteiger partial charge in [-0.1, -0.05) is 13.8 Å². The number of aliphatic hydroxyl groups excluding tert-OH is 1. The summed E-state index contributed by atoms with van der Waals surface area (Å²) in [7, 11) is 3.98. The fourth-order valence-electron chi connectivity index (χ4n) is 2.17. The number of nitrogens with zero attached hydrogens (tertiary/aromatic N) is 2. The van der Waals surface area contributed by atoms with E-state index in [4.69, 9.17) is 0 Å². The molecule has 0 spiro atoms. The van der Waals surface area contributed by atoms with E-state index in [1.54, 1.807) is 11.3 Å². The highest BCUT2D eigenvalue weighted by molar-refractivity contribution is 7.15. The van der Waals surface area contributed by atoms with Gasteiger partial charge in [0.25, 0.3) is 0 Å². The molecule has 1 unspecified atom stereocenters. The quantitative estimate of drug-likeness (QED) is 0.854. The molecule has 1 aromatic rings. The second-order valence-electron chi connectivity index (χ2n) is 5.20. The molecule has 84 valence electrons. The van der Waals surface area contributed by atoms with Gasteiger partial charge in [-0.3, -0.25) is 0 Å². The molecule has 1 fully saturated rings. The van der Waals surface area contributed by atoms with Crippen molar-refractivity contribution in [2.75, 3.05) is 25.6 Å². The second-order valence-corrected chi connectivity index (χ2v) is 6.21. The summed E-state index contributed by atoms with van der Waals surface area (Å²) in [5.74, 6) is 0. The lowest BCUT2D eigenvalue weighted by molar-refractivity contribution is 0.233. The molecule has 0 radical (unpaired) electrons. The van der Waals surface area contributed by atoms with E-state index in [2.05, 4.69) is 18.8 Å². The van der Waals surface area contributed by atoms with Crippen molar-refractivity contribution in [2.24, 2.45) is 5.41 Å². The molecule has 1 heterocycles. The maximum absolute atomic E-state index is 9.56. The van der Waals surface area contributed by atoms with E-state index < -0.39 is 0 Å². The Balaban J connectivity index is 2.30.